The largest absolute Gasteiger partial charge is 0.490 e. The molecule has 0 spiro atoms. The third kappa shape index (κ3) is 7.71. The van der Waals surface area contributed by atoms with Crippen molar-refractivity contribution in [3.8, 4) is 17.2 Å². The molecule has 0 bridgehead atoms. The number of hydrazone groups is 1. The fourth-order valence-corrected chi connectivity index (χ4v) is 6.06. The zero-order valence-corrected chi connectivity index (χ0v) is 25.2. The highest BCUT2D eigenvalue weighted by molar-refractivity contribution is 9.11. The van der Waals surface area contributed by atoms with Gasteiger partial charge in [0.25, 0.3) is 5.91 Å². The summed E-state index contributed by atoms with van der Waals surface area (Å²) in [5.41, 5.74) is 4.40. The van der Waals surface area contributed by atoms with Crippen molar-refractivity contribution in [2.24, 2.45) is 5.10 Å². The normalized spacial score (nSPS) is 11.3. The molecule has 0 saturated heterocycles. The van der Waals surface area contributed by atoms with Crippen LogP contribution in [0.2, 0.25) is 0 Å². The van der Waals surface area contributed by atoms with Crippen LogP contribution < -0.4 is 19.1 Å². The first kappa shape index (κ1) is 29.3. The molecule has 40 heavy (non-hydrogen) atoms. The van der Waals surface area contributed by atoms with Crippen LogP contribution in [0, 0.1) is 0 Å². The Bertz CT molecular complexity index is 1590. The lowest BCUT2D eigenvalue weighted by molar-refractivity contribution is 0.0954. The summed E-state index contributed by atoms with van der Waals surface area (Å²) in [7, 11) is -4.03. The molecule has 0 unspecified atom stereocenters. The fraction of sp³-hybridized carbons (Fsp3) is 0.103. The summed E-state index contributed by atoms with van der Waals surface area (Å²) in [4.78, 5) is 12.8. The van der Waals surface area contributed by atoms with Crippen molar-refractivity contribution in [3.63, 3.8) is 0 Å². The Hall–Kier alpha value is -3.67. The molecule has 0 aromatic heterocycles. The van der Waals surface area contributed by atoms with Crippen molar-refractivity contribution in [3.05, 3.63) is 117 Å². The molecule has 4 aromatic rings. The van der Waals surface area contributed by atoms with Crippen LogP contribution in [0.5, 0.6) is 17.2 Å². The van der Waals surface area contributed by atoms with E-state index in [1.165, 1.54) is 18.3 Å². The Kier molecular flexibility index (Phi) is 9.97. The standard InChI is InChI=1S/C29H24Br2N2O6S/c1-2-37-27-17-22(13-14-26(27)38-19-20-9-5-3-6-10-20)29(34)33-32-18-21-15-24(30)28(25(31)16-21)39-40(35,36)23-11-7-4-8-12-23/h3-18H,2,19H2,1H3,(H,33,34)/b32-18+. The topological polar surface area (TPSA) is 103 Å². The third-order valence-corrected chi connectivity index (χ3v) is 7.78. The molecular formula is C29H24Br2N2O6S. The van der Waals surface area contributed by atoms with Gasteiger partial charge in [-0.25, -0.2) is 5.43 Å². The Balaban J connectivity index is 1.42. The van der Waals surface area contributed by atoms with Crippen LogP contribution >= 0.6 is 31.9 Å². The highest BCUT2D eigenvalue weighted by Gasteiger charge is 2.20. The van der Waals surface area contributed by atoms with Crippen molar-refractivity contribution in [1.29, 1.82) is 0 Å². The van der Waals surface area contributed by atoms with E-state index in [9.17, 15) is 13.2 Å². The summed E-state index contributed by atoms with van der Waals surface area (Å²) < 4.78 is 42.9. The summed E-state index contributed by atoms with van der Waals surface area (Å²) in [6.07, 6.45) is 1.42. The van der Waals surface area contributed by atoms with E-state index >= 15 is 0 Å². The number of nitrogens with one attached hydrogen (secondary N) is 1. The van der Waals surface area contributed by atoms with Crippen LogP contribution in [0.1, 0.15) is 28.4 Å². The van der Waals surface area contributed by atoms with Crippen LogP contribution in [-0.4, -0.2) is 27.1 Å². The SMILES string of the molecule is CCOc1cc(C(=O)N/N=C/c2cc(Br)c(OS(=O)(=O)c3ccccc3)c(Br)c2)ccc1OCc1ccccc1. The maximum Gasteiger partial charge on any atom is 0.339 e. The predicted octanol–water partition coefficient (Wildman–Crippen LogP) is 6.72. The summed E-state index contributed by atoms with van der Waals surface area (Å²) in [5, 5.41) is 4.03. The highest BCUT2D eigenvalue weighted by atomic mass is 79.9. The lowest BCUT2D eigenvalue weighted by Crippen LogP contribution is -2.17. The molecule has 8 nitrogen and oxygen atoms in total. The van der Waals surface area contributed by atoms with Gasteiger partial charge in [-0.2, -0.15) is 13.5 Å². The van der Waals surface area contributed by atoms with Crippen LogP contribution in [0.15, 0.2) is 110 Å². The molecule has 0 aliphatic heterocycles. The van der Waals surface area contributed by atoms with Crippen molar-refractivity contribution in [2.75, 3.05) is 6.61 Å². The lowest BCUT2D eigenvalue weighted by Gasteiger charge is -2.13. The number of nitrogens with zero attached hydrogens (tertiary/aromatic N) is 1. The molecule has 4 rings (SSSR count). The van der Waals surface area contributed by atoms with E-state index in [1.807, 2.05) is 37.3 Å². The van der Waals surface area contributed by atoms with E-state index in [2.05, 4.69) is 42.4 Å². The van der Waals surface area contributed by atoms with E-state index in [-0.39, 0.29) is 10.6 Å². The molecule has 1 N–H and O–H groups in total. The second kappa shape index (κ2) is 13.6. The van der Waals surface area contributed by atoms with Gasteiger partial charge in [-0.1, -0.05) is 48.5 Å². The van der Waals surface area contributed by atoms with Gasteiger partial charge in [-0.15, -0.1) is 0 Å². The van der Waals surface area contributed by atoms with E-state index in [0.29, 0.717) is 44.8 Å². The molecule has 4 aromatic carbocycles. The fourth-order valence-electron chi connectivity index (χ4n) is 3.48. The monoisotopic (exact) mass is 686 g/mol. The number of rotatable bonds is 11. The molecule has 1 amide bonds. The second-order valence-electron chi connectivity index (χ2n) is 8.23. The van der Waals surface area contributed by atoms with Gasteiger partial charge >= 0.3 is 10.1 Å². The van der Waals surface area contributed by atoms with Crippen molar-refractivity contribution in [1.82, 2.24) is 5.43 Å². The minimum atomic E-state index is -4.03. The van der Waals surface area contributed by atoms with Gasteiger partial charge in [0.2, 0.25) is 0 Å². The first-order chi connectivity index (χ1) is 19.3. The van der Waals surface area contributed by atoms with Gasteiger partial charge in [-0.05, 0) is 92.4 Å². The number of benzene rings is 4. The molecule has 0 heterocycles. The average Bonchev–Trinajstić information content (AvgIpc) is 2.95. The molecule has 0 aliphatic rings. The lowest BCUT2D eigenvalue weighted by atomic mass is 10.2. The van der Waals surface area contributed by atoms with Gasteiger partial charge in [0, 0.05) is 5.56 Å². The van der Waals surface area contributed by atoms with Crippen molar-refractivity contribution in [2.45, 2.75) is 18.4 Å². The molecule has 206 valence electrons. The van der Waals surface area contributed by atoms with Crippen molar-refractivity contribution >= 4 is 54.1 Å². The van der Waals surface area contributed by atoms with Crippen LogP contribution in [0.25, 0.3) is 0 Å². The van der Waals surface area contributed by atoms with E-state index in [4.69, 9.17) is 13.7 Å². The average molecular weight is 688 g/mol. The van der Waals surface area contributed by atoms with Crippen LogP contribution in [0.4, 0.5) is 0 Å². The molecule has 11 heteroatoms. The summed E-state index contributed by atoms with van der Waals surface area (Å²) in [6, 6.07) is 25.7. The minimum absolute atomic E-state index is 0.0328. The highest BCUT2D eigenvalue weighted by Crippen LogP contribution is 2.36. The van der Waals surface area contributed by atoms with Gasteiger partial charge in [-0.3, -0.25) is 4.79 Å². The molecule has 0 saturated carbocycles. The first-order valence-electron chi connectivity index (χ1n) is 12.0. The predicted molar refractivity (Wildman–Crippen MR) is 160 cm³/mol. The number of hydrogen-bond acceptors (Lipinski definition) is 7. The van der Waals surface area contributed by atoms with Gasteiger partial charge < -0.3 is 13.7 Å². The first-order valence-corrected chi connectivity index (χ1v) is 15.0. The zero-order chi connectivity index (χ0) is 28.5. The second-order valence-corrected chi connectivity index (χ2v) is 11.5. The Morgan fingerprint density at radius 3 is 2.17 bits per heavy atom. The molecule has 0 fully saturated rings. The number of carbonyl (C=O) groups is 1. The Morgan fingerprint density at radius 1 is 0.875 bits per heavy atom. The third-order valence-electron chi connectivity index (χ3n) is 5.37. The number of carbonyl (C=O) groups excluding carboxylic acids is 1. The van der Waals surface area contributed by atoms with Gasteiger partial charge in [0.15, 0.2) is 17.2 Å². The molecule has 0 atom stereocenters. The van der Waals surface area contributed by atoms with E-state index in [1.54, 1.807) is 48.5 Å². The zero-order valence-electron chi connectivity index (χ0n) is 21.2. The van der Waals surface area contributed by atoms with E-state index < -0.39 is 16.0 Å². The number of hydrogen-bond donors (Lipinski definition) is 1. The quantitative estimate of drug-likeness (QED) is 0.107. The van der Waals surface area contributed by atoms with Crippen LogP contribution in [0.3, 0.4) is 0 Å². The minimum Gasteiger partial charge on any atom is -0.490 e. The van der Waals surface area contributed by atoms with E-state index in [0.717, 1.165) is 5.56 Å². The Labute approximate surface area is 249 Å². The molecule has 0 radical (unpaired) electrons. The van der Waals surface area contributed by atoms with Crippen molar-refractivity contribution < 1.29 is 26.9 Å². The smallest absolute Gasteiger partial charge is 0.339 e. The molecular weight excluding hydrogens is 664 g/mol. The maximum atomic E-state index is 12.7. The number of amides is 1. The Morgan fingerprint density at radius 2 is 1.52 bits per heavy atom. The summed E-state index contributed by atoms with van der Waals surface area (Å²) in [5.74, 6) is 0.614. The van der Waals surface area contributed by atoms with Gasteiger partial charge in [0.05, 0.1) is 21.8 Å². The van der Waals surface area contributed by atoms with Gasteiger partial charge in [0.1, 0.15) is 11.5 Å². The van der Waals surface area contributed by atoms with Crippen LogP contribution in [-0.2, 0) is 16.7 Å². The number of ether oxygens (including phenoxy) is 2. The molecule has 0 aliphatic carbocycles. The maximum absolute atomic E-state index is 12.7. The number of halogens is 2. The summed E-state index contributed by atoms with van der Waals surface area (Å²) >= 11 is 6.69. The summed E-state index contributed by atoms with van der Waals surface area (Å²) in [6.45, 7) is 2.62.